The summed E-state index contributed by atoms with van der Waals surface area (Å²) in [6, 6.07) is 7.97. The van der Waals surface area contributed by atoms with Gasteiger partial charge >= 0.3 is 0 Å². The highest BCUT2D eigenvalue weighted by molar-refractivity contribution is 5.92. The van der Waals surface area contributed by atoms with Crippen LogP contribution in [-0.2, 0) is 15.9 Å². The van der Waals surface area contributed by atoms with Crippen molar-refractivity contribution in [3.8, 4) is 5.75 Å². The molecular formula is C21H26N4O4. The van der Waals surface area contributed by atoms with Gasteiger partial charge in [0.05, 0.1) is 32.7 Å². The highest BCUT2D eigenvalue weighted by Gasteiger charge is 2.41. The zero-order valence-corrected chi connectivity index (χ0v) is 16.6. The number of carbonyl (C=O) groups excluding carboxylic acids is 1. The lowest BCUT2D eigenvalue weighted by Crippen LogP contribution is -2.47. The number of piperidine rings is 1. The molecule has 3 heterocycles. The van der Waals surface area contributed by atoms with Crippen LogP contribution in [0, 0.1) is 0 Å². The Kier molecular flexibility index (Phi) is 5.92. The molecule has 2 aromatic rings. The fraction of sp³-hybridized carbons (Fsp3) is 0.476. The topological polar surface area (TPSA) is 85.8 Å². The summed E-state index contributed by atoms with van der Waals surface area (Å²) in [4.78, 5) is 23.1. The Hall–Kier alpha value is -2.71. The van der Waals surface area contributed by atoms with Crippen LogP contribution in [0.2, 0.25) is 0 Å². The Morgan fingerprint density at radius 3 is 2.48 bits per heavy atom. The van der Waals surface area contributed by atoms with Gasteiger partial charge in [-0.1, -0.05) is 12.1 Å². The van der Waals surface area contributed by atoms with Crippen molar-refractivity contribution >= 4 is 11.7 Å². The van der Waals surface area contributed by atoms with E-state index in [0.717, 1.165) is 18.7 Å². The molecule has 4 rings (SSSR count). The van der Waals surface area contributed by atoms with Crippen molar-refractivity contribution in [1.82, 2.24) is 14.9 Å². The van der Waals surface area contributed by atoms with E-state index in [0.29, 0.717) is 50.7 Å². The van der Waals surface area contributed by atoms with Gasteiger partial charge in [-0.15, -0.1) is 0 Å². The van der Waals surface area contributed by atoms with Crippen molar-refractivity contribution in [2.45, 2.75) is 25.0 Å². The molecule has 1 amide bonds. The molecule has 0 bridgehead atoms. The van der Waals surface area contributed by atoms with Crippen molar-refractivity contribution in [1.29, 1.82) is 0 Å². The predicted octanol–water partition coefficient (Wildman–Crippen LogP) is 2.12. The van der Waals surface area contributed by atoms with Crippen LogP contribution in [0.3, 0.4) is 0 Å². The van der Waals surface area contributed by atoms with Crippen molar-refractivity contribution in [2.75, 3.05) is 45.3 Å². The quantitative estimate of drug-likeness (QED) is 0.798. The number of ether oxygens (including phenoxy) is 3. The smallest absolute Gasteiger partial charge is 0.274 e. The standard InChI is InChI=1S/C21H26N4O4/c1-27-17-4-2-16(3-5-17)6-9-22-19-15-23-18(14-24-19)20(26)25-10-7-21(8-11-25)28-12-13-29-21/h2-5,14-15H,6-13H2,1H3,(H,22,24). The van der Waals surface area contributed by atoms with Gasteiger partial charge < -0.3 is 24.4 Å². The van der Waals surface area contributed by atoms with Crippen molar-refractivity contribution < 1.29 is 19.0 Å². The van der Waals surface area contributed by atoms with Gasteiger partial charge in [0.1, 0.15) is 17.3 Å². The molecular weight excluding hydrogens is 372 g/mol. The first-order valence-electron chi connectivity index (χ1n) is 9.93. The second kappa shape index (κ2) is 8.75. The molecule has 2 aliphatic rings. The van der Waals surface area contributed by atoms with Gasteiger partial charge in [0, 0.05) is 32.5 Å². The molecule has 2 saturated heterocycles. The Morgan fingerprint density at radius 1 is 1.14 bits per heavy atom. The average molecular weight is 398 g/mol. The number of hydrogen-bond donors (Lipinski definition) is 1. The van der Waals surface area contributed by atoms with Crippen LogP contribution < -0.4 is 10.1 Å². The van der Waals surface area contributed by atoms with E-state index in [4.69, 9.17) is 14.2 Å². The van der Waals surface area contributed by atoms with E-state index in [1.165, 1.54) is 11.8 Å². The maximum atomic E-state index is 12.7. The van der Waals surface area contributed by atoms with Crippen LogP contribution >= 0.6 is 0 Å². The lowest BCUT2D eigenvalue weighted by molar-refractivity contribution is -0.181. The summed E-state index contributed by atoms with van der Waals surface area (Å²) in [5.41, 5.74) is 1.56. The number of aromatic nitrogens is 2. The van der Waals surface area contributed by atoms with Gasteiger partial charge in [0.2, 0.25) is 0 Å². The molecule has 0 unspecified atom stereocenters. The number of likely N-dealkylation sites (tertiary alicyclic amines) is 1. The second-order valence-corrected chi connectivity index (χ2v) is 7.21. The van der Waals surface area contributed by atoms with Gasteiger partial charge in [-0.25, -0.2) is 9.97 Å². The number of hydrogen-bond acceptors (Lipinski definition) is 7. The van der Waals surface area contributed by atoms with Crippen LogP contribution in [0.5, 0.6) is 5.75 Å². The van der Waals surface area contributed by atoms with Gasteiger partial charge in [-0.05, 0) is 24.1 Å². The third-order valence-electron chi connectivity index (χ3n) is 5.38. The number of benzene rings is 1. The lowest BCUT2D eigenvalue weighted by atomic mass is 10.0. The van der Waals surface area contributed by atoms with Crippen molar-refractivity contribution in [3.63, 3.8) is 0 Å². The summed E-state index contributed by atoms with van der Waals surface area (Å²) in [5.74, 6) is 0.913. The summed E-state index contributed by atoms with van der Waals surface area (Å²) in [7, 11) is 1.66. The Labute approximate surface area is 170 Å². The molecule has 1 spiro atoms. The Morgan fingerprint density at radius 2 is 1.86 bits per heavy atom. The molecule has 2 aliphatic heterocycles. The largest absolute Gasteiger partial charge is 0.497 e. The number of rotatable bonds is 6. The highest BCUT2D eigenvalue weighted by Crippen LogP contribution is 2.31. The average Bonchev–Trinajstić information content (AvgIpc) is 3.23. The molecule has 0 aliphatic carbocycles. The molecule has 1 aromatic heterocycles. The maximum Gasteiger partial charge on any atom is 0.274 e. The number of nitrogens with one attached hydrogen (secondary N) is 1. The van der Waals surface area contributed by atoms with E-state index < -0.39 is 5.79 Å². The molecule has 2 fully saturated rings. The third kappa shape index (κ3) is 4.65. The normalized spacial score (nSPS) is 18.0. The first kappa shape index (κ1) is 19.6. The van der Waals surface area contributed by atoms with Gasteiger partial charge in [0.25, 0.3) is 5.91 Å². The van der Waals surface area contributed by atoms with E-state index in [1.807, 2.05) is 24.3 Å². The molecule has 0 radical (unpaired) electrons. The SMILES string of the molecule is COc1ccc(CCNc2cnc(C(=O)N3CCC4(CC3)OCCO4)cn2)cc1. The highest BCUT2D eigenvalue weighted by atomic mass is 16.7. The molecule has 29 heavy (non-hydrogen) atoms. The first-order chi connectivity index (χ1) is 14.2. The summed E-state index contributed by atoms with van der Waals surface area (Å²) in [5, 5.41) is 3.24. The zero-order chi connectivity index (χ0) is 20.1. The number of carbonyl (C=O) groups is 1. The Bertz CT molecular complexity index is 810. The van der Waals surface area contributed by atoms with Crippen LogP contribution in [0.15, 0.2) is 36.7 Å². The molecule has 0 saturated carbocycles. The van der Waals surface area contributed by atoms with Crippen molar-refractivity contribution in [2.24, 2.45) is 0 Å². The number of nitrogens with zero attached hydrogens (tertiary/aromatic N) is 3. The number of anilines is 1. The molecule has 1 aromatic carbocycles. The van der Waals surface area contributed by atoms with E-state index in [9.17, 15) is 4.79 Å². The van der Waals surface area contributed by atoms with Crippen LogP contribution in [0.25, 0.3) is 0 Å². The lowest BCUT2D eigenvalue weighted by Gasteiger charge is -2.37. The second-order valence-electron chi connectivity index (χ2n) is 7.21. The van der Waals surface area contributed by atoms with E-state index in [1.54, 1.807) is 18.2 Å². The summed E-state index contributed by atoms with van der Waals surface area (Å²) in [6.07, 6.45) is 5.38. The molecule has 1 N–H and O–H groups in total. The predicted molar refractivity (Wildman–Crippen MR) is 107 cm³/mol. The fourth-order valence-electron chi connectivity index (χ4n) is 3.66. The first-order valence-corrected chi connectivity index (χ1v) is 9.93. The molecule has 0 atom stereocenters. The summed E-state index contributed by atoms with van der Waals surface area (Å²) < 4.78 is 16.6. The van der Waals surface area contributed by atoms with Crippen molar-refractivity contribution in [3.05, 3.63) is 47.9 Å². The van der Waals surface area contributed by atoms with Gasteiger partial charge in [-0.3, -0.25) is 4.79 Å². The number of amides is 1. The third-order valence-corrected chi connectivity index (χ3v) is 5.38. The van der Waals surface area contributed by atoms with Gasteiger partial charge in [-0.2, -0.15) is 0 Å². The molecule has 8 heteroatoms. The van der Waals surface area contributed by atoms with E-state index in [2.05, 4.69) is 15.3 Å². The fourth-order valence-corrected chi connectivity index (χ4v) is 3.66. The van der Waals surface area contributed by atoms with Crippen LogP contribution in [-0.4, -0.2) is 66.5 Å². The van der Waals surface area contributed by atoms with Crippen LogP contribution in [0.1, 0.15) is 28.9 Å². The summed E-state index contributed by atoms with van der Waals surface area (Å²) >= 11 is 0. The maximum absolute atomic E-state index is 12.7. The minimum atomic E-state index is -0.486. The van der Waals surface area contributed by atoms with Gasteiger partial charge in [0.15, 0.2) is 5.79 Å². The zero-order valence-electron chi connectivity index (χ0n) is 16.6. The Balaban J connectivity index is 1.25. The monoisotopic (exact) mass is 398 g/mol. The molecule has 8 nitrogen and oxygen atoms in total. The summed E-state index contributed by atoms with van der Waals surface area (Å²) in [6.45, 7) is 3.19. The van der Waals surface area contributed by atoms with E-state index in [-0.39, 0.29) is 5.91 Å². The van der Waals surface area contributed by atoms with E-state index >= 15 is 0 Å². The number of methoxy groups -OCH3 is 1. The minimum absolute atomic E-state index is 0.102. The van der Waals surface area contributed by atoms with Crippen LogP contribution in [0.4, 0.5) is 5.82 Å². The minimum Gasteiger partial charge on any atom is -0.497 e. The molecule has 154 valence electrons.